The molecule has 1 heterocycles. The van der Waals surface area contributed by atoms with Gasteiger partial charge in [0.05, 0.1) is 19.1 Å². The van der Waals surface area contributed by atoms with E-state index in [2.05, 4.69) is 0 Å². The molecule has 7 nitrogen and oxygen atoms in total. The van der Waals surface area contributed by atoms with E-state index in [1.807, 2.05) is 0 Å². The summed E-state index contributed by atoms with van der Waals surface area (Å²) in [4.78, 5) is 14.5. The SMILES string of the molecule is COc1cc(C)c(S(=O)(=O)N2CCN(C(=O)c3cccc(Cl)c3)CC2)cc1OC. The number of sulfonamides is 1. The molecule has 1 aliphatic rings. The van der Waals surface area contributed by atoms with Crippen LogP contribution in [0.5, 0.6) is 11.5 Å². The van der Waals surface area contributed by atoms with E-state index in [1.54, 1.807) is 42.2 Å². The number of methoxy groups -OCH3 is 2. The molecule has 2 aromatic carbocycles. The zero-order valence-electron chi connectivity index (χ0n) is 16.5. The maximum Gasteiger partial charge on any atom is 0.253 e. The van der Waals surface area contributed by atoms with Crippen molar-refractivity contribution in [1.29, 1.82) is 0 Å². The van der Waals surface area contributed by atoms with Gasteiger partial charge >= 0.3 is 0 Å². The van der Waals surface area contributed by atoms with Gasteiger partial charge in [-0.3, -0.25) is 4.79 Å². The number of ether oxygens (including phenoxy) is 2. The molecule has 1 amide bonds. The van der Waals surface area contributed by atoms with Crippen molar-refractivity contribution in [1.82, 2.24) is 9.21 Å². The molecular weight excluding hydrogens is 416 g/mol. The van der Waals surface area contributed by atoms with Crippen molar-refractivity contribution in [2.75, 3.05) is 40.4 Å². The number of hydrogen-bond donors (Lipinski definition) is 0. The lowest BCUT2D eigenvalue weighted by atomic mass is 10.2. The average Bonchev–Trinajstić information content (AvgIpc) is 2.72. The molecule has 156 valence electrons. The van der Waals surface area contributed by atoms with Crippen LogP contribution in [0, 0.1) is 6.92 Å². The van der Waals surface area contributed by atoms with E-state index >= 15 is 0 Å². The van der Waals surface area contributed by atoms with Crippen LogP contribution in [0.25, 0.3) is 0 Å². The van der Waals surface area contributed by atoms with Gasteiger partial charge in [-0.2, -0.15) is 4.31 Å². The number of rotatable bonds is 5. The van der Waals surface area contributed by atoms with Crippen LogP contribution in [0.4, 0.5) is 0 Å². The highest BCUT2D eigenvalue weighted by atomic mass is 35.5. The van der Waals surface area contributed by atoms with Gasteiger partial charge in [0.15, 0.2) is 11.5 Å². The molecule has 1 aliphatic heterocycles. The van der Waals surface area contributed by atoms with Crippen molar-refractivity contribution in [2.24, 2.45) is 0 Å². The summed E-state index contributed by atoms with van der Waals surface area (Å²) in [5.41, 5.74) is 1.06. The van der Waals surface area contributed by atoms with E-state index in [1.165, 1.54) is 24.6 Å². The standard InChI is InChI=1S/C20H23ClN2O5S/c1-14-11-17(27-2)18(28-3)13-19(14)29(25,26)23-9-7-22(8-10-23)20(24)15-5-4-6-16(21)12-15/h4-6,11-13H,7-10H2,1-3H3. The fourth-order valence-corrected chi connectivity index (χ4v) is 5.15. The molecule has 1 saturated heterocycles. The third kappa shape index (κ3) is 4.34. The van der Waals surface area contributed by atoms with Crippen molar-refractivity contribution in [3.63, 3.8) is 0 Å². The zero-order chi connectivity index (χ0) is 21.2. The molecule has 0 spiro atoms. The van der Waals surface area contributed by atoms with Crippen LogP contribution in [-0.2, 0) is 10.0 Å². The van der Waals surface area contributed by atoms with Gasteiger partial charge < -0.3 is 14.4 Å². The van der Waals surface area contributed by atoms with Gasteiger partial charge in [-0.15, -0.1) is 0 Å². The summed E-state index contributed by atoms with van der Waals surface area (Å²) in [6, 6.07) is 9.85. The molecule has 0 radical (unpaired) electrons. The number of carbonyl (C=O) groups is 1. The minimum Gasteiger partial charge on any atom is -0.493 e. The van der Waals surface area contributed by atoms with E-state index in [4.69, 9.17) is 21.1 Å². The third-order valence-electron chi connectivity index (χ3n) is 4.90. The summed E-state index contributed by atoms with van der Waals surface area (Å²) in [6.07, 6.45) is 0. The van der Waals surface area contributed by atoms with Crippen molar-refractivity contribution in [3.8, 4) is 11.5 Å². The lowest BCUT2D eigenvalue weighted by molar-refractivity contribution is 0.0698. The van der Waals surface area contributed by atoms with E-state index in [9.17, 15) is 13.2 Å². The summed E-state index contributed by atoms with van der Waals surface area (Å²) in [6.45, 7) is 2.74. The van der Waals surface area contributed by atoms with Gasteiger partial charge in [-0.1, -0.05) is 17.7 Å². The van der Waals surface area contributed by atoms with Crippen LogP contribution in [0.1, 0.15) is 15.9 Å². The molecule has 9 heteroatoms. The Kier molecular flexibility index (Phi) is 6.36. The Hall–Kier alpha value is -2.29. The Morgan fingerprint density at radius 2 is 1.62 bits per heavy atom. The molecule has 0 atom stereocenters. The smallest absolute Gasteiger partial charge is 0.253 e. The van der Waals surface area contributed by atoms with Gasteiger partial charge in [0.25, 0.3) is 5.91 Å². The third-order valence-corrected chi connectivity index (χ3v) is 7.17. The average molecular weight is 439 g/mol. The highest BCUT2D eigenvalue weighted by molar-refractivity contribution is 7.89. The first kappa shape index (κ1) is 21.4. The summed E-state index contributed by atoms with van der Waals surface area (Å²) in [5.74, 6) is 0.666. The molecular formula is C20H23ClN2O5S. The summed E-state index contributed by atoms with van der Waals surface area (Å²) in [7, 11) is -0.768. The molecule has 0 aromatic heterocycles. The Bertz CT molecular complexity index is 1020. The number of benzene rings is 2. The van der Waals surface area contributed by atoms with Crippen molar-refractivity contribution < 1.29 is 22.7 Å². The van der Waals surface area contributed by atoms with Crippen LogP contribution in [0.15, 0.2) is 41.3 Å². The van der Waals surface area contributed by atoms with E-state index in [0.29, 0.717) is 40.7 Å². The van der Waals surface area contributed by atoms with Crippen molar-refractivity contribution in [3.05, 3.63) is 52.5 Å². The van der Waals surface area contributed by atoms with E-state index in [-0.39, 0.29) is 23.9 Å². The first-order chi connectivity index (χ1) is 13.8. The molecule has 0 aliphatic carbocycles. The minimum atomic E-state index is -3.73. The van der Waals surface area contributed by atoms with Crippen LogP contribution in [0.3, 0.4) is 0 Å². The Balaban J connectivity index is 1.77. The van der Waals surface area contributed by atoms with Crippen molar-refractivity contribution in [2.45, 2.75) is 11.8 Å². The van der Waals surface area contributed by atoms with Gasteiger partial charge in [-0.25, -0.2) is 8.42 Å². The van der Waals surface area contributed by atoms with E-state index < -0.39 is 10.0 Å². The van der Waals surface area contributed by atoms with Crippen molar-refractivity contribution >= 4 is 27.5 Å². The van der Waals surface area contributed by atoms with E-state index in [0.717, 1.165) is 0 Å². The highest BCUT2D eigenvalue weighted by Crippen LogP contribution is 2.33. The number of nitrogens with zero attached hydrogens (tertiary/aromatic N) is 2. The van der Waals surface area contributed by atoms with Gasteiger partial charge in [0, 0.05) is 42.8 Å². The second kappa shape index (κ2) is 8.61. The lowest BCUT2D eigenvalue weighted by Crippen LogP contribution is -2.50. The molecule has 0 saturated carbocycles. The summed E-state index contributed by atoms with van der Waals surface area (Å²) < 4.78 is 38.2. The van der Waals surface area contributed by atoms with Gasteiger partial charge in [0.2, 0.25) is 10.0 Å². The number of amides is 1. The maximum atomic E-state index is 13.2. The number of carbonyl (C=O) groups excluding carboxylic acids is 1. The first-order valence-corrected chi connectivity index (χ1v) is 10.9. The Morgan fingerprint density at radius 3 is 2.21 bits per heavy atom. The van der Waals surface area contributed by atoms with Crippen LogP contribution in [0.2, 0.25) is 5.02 Å². The van der Waals surface area contributed by atoms with Gasteiger partial charge in [0.1, 0.15) is 0 Å². The zero-order valence-corrected chi connectivity index (χ0v) is 18.1. The number of halogens is 1. The topological polar surface area (TPSA) is 76.2 Å². The fourth-order valence-electron chi connectivity index (χ4n) is 3.31. The predicted molar refractivity (Wildman–Crippen MR) is 110 cm³/mol. The predicted octanol–water partition coefficient (Wildman–Crippen LogP) is 2.81. The maximum absolute atomic E-state index is 13.2. The number of piperazine rings is 1. The lowest BCUT2D eigenvalue weighted by Gasteiger charge is -2.34. The first-order valence-electron chi connectivity index (χ1n) is 9.05. The molecule has 2 aromatic rings. The fraction of sp³-hybridized carbons (Fsp3) is 0.350. The molecule has 0 unspecified atom stereocenters. The number of hydrogen-bond acceptors (Lipinski definition) is 5. The van der Waals surface area contributed by atoms with Crippen LogP contribution >= 0.6 is 11.6 Å². The molecule has 0 N–H and O–H groups in total. The second-order valence-corrected chi connectivity index (χ2v) is 9.02. The molecule has 3 rings (SSSR count). The normalized spacial score (nSPS) is 15.2. The van der Waals surface area contributed by atoms with Gasteiger partial charge in [-0.05, 0) is 36.8 Å². The largest absolute Gasteiger partial charge is 0.493 e. The van der Waals surface area contributed by atoms with Crippen LogP contribution in [-0.4, -0.2) is 63.9 Å². The number of aryl methyl sites for hydroxylation is 1. The molecule has 29 heavy (non-hydrogen) atoms. The quantitative estimate of drug-likeness (QED) is 0.717. The summed E-state index contributed by atoms with van der Waals surface area (Å²) in [5, 5.41) is 0.487. The monoisotopic (exact) mass is 438 g/mol. The second-order valence-electron chi connectivity index (χ2n) is 6.68. The Labute approximate surface area is 175 Å². The minimum absolute atomic E-state index is 0.160. The van der Waals surface area contributed by atoms with Crippen LogP contribution < -0.4 is 9.47 Å². The molecule has 0 bridgehead atoms. The molecule has 1 fully saturated rings. The summed E-state index contributed by atoms with van der Waals surface area (Å²) >= 11 is 5.96. The highest BCUT2D eigenvalue weighted by Gasteiger charge is 2.32. The Morgan fingerprint density at radius 1 is 1.00 bits per heavy atom.